The number of aliphatic hydroxyl groups is 1. The summed E-state index contributed by atoms with van der Waals surface area (Å²) in [4.78, 5) is 14.1. The predicted octanol–water partition coefficient (Wildman–Crippen LogP) is 1.35. The Hall–Kier alpha value is -1.11. The summed E-state index contributed by atoms with van der Waals surface area (Å²) in [5, 5.41) is 9.51. The van der Waals surface area contributed by atoms with E-state index in [1.54, 1.807) is 29.2 Å². The van der Waals surface area contributed by atoms with E-state index < -0.39 is 9.84 Å². The van der Waals surface area contributed by atoms with E-state index in [9.17, 15) is 13.2 Å². The molecule has 5 nitrogen and oxygen atoms in total. The summed E-state index contributed by atoms with van der Waals surface area (Å²) in [7, 11) is -3.07. The van der Waals surface area contributed by atoms with Crippen LogP contribution in [0.1, 0.15) is 23.2 Å². The molecule has 1 fully saturated rings. The van der Waals surface area contributed by atoms with Crippen LogP contribution >= 0.6 is 11.6 Å². The fourth-order valence-electron chi connectivity index (χ4n) is 2.47. The fourth-order valence-corrected chi connectivity index (χ4v) is 4.33. The lowest BCUT2D eigenvalue weighted by molar-refractivity contribution is 0.0684. The fraction of sp³-hybridized carbons (Fsp3) is 0.500. The van der Waals surface area contributed by atoms with Gasteiger partial charge in [-0.05, 0) is 37.1 Å². The van der Waals surface area contributed by atoms with Crippen molar-refractivity contribution in [3.8, 4) is 0 Å². The van der Waals surface area contributed by atoms with Crippen LogP contribution in [0.4, 0.5) is 0 Å². The Bertz CT molecular complexity index is 600. The average Bonchev–Trinajstić information content (AvgIpc) is 2.80. The molecular formula is C14H18ClNO4S. The molecule has 21 heavy (non-hydrogen) atoms. The molecule has 0 radical (unpaired) electrons. The number of benzene rings is 1. The Kier molecular flexibility index (Phi) is 5.24. The molecule has 1 aliphatic heterocycles. The van der Waals surface area contributed by atoms with E-state index in [1.807, 2.05) is 0 Å². The third-order valence-corrected chi connectivity index (χ3v) is 5.56. The number of aliphatic hydroxyl groups excluding tert-OH is 1. The standard InChI is InChI=1S/C14H18ClNO4S/c15-12-4-2-11(3-5-12)14(18)16(7-1-8-17)13-6-9-21(19,20)10-13/h2-5,13,17H,1,6-10H2/t13-/m0/s1. The van der Waals surface area contributed by atoms with Gasteiger partial charge < -0.3 is 10.0 Å². The molecule has 0 aromatic heterocycles. The summed E-state index contributed by atoms with van der Waals surface area (Å²) in [5.74, 6) is -0.110. The topological polar surface area (TPSA) is 74.7 Å². The minimum Gasteiger partial charge on any atom is -0.396 e. The molecule has 0 bridgehead atoms. The van der Waals surface area contributed by atoms with Gasteiger partial charge in [-0.1, -0.05) is 11.6 Å². The number of carbonyl (C=O) groups is 1. The summed E-state index contributed by atoms with van der Waals surface area (Å²) in [6.07, 6.45) is 0.878. The number of amides is 1. The summed E-state index contributed by atoms with van der Waals surface area (Å²) in [5.41, 5.74) is 0.474. The van der Waals surface area contributed by atoms with Crippen molar-refractivity contribution in [2.75, 3.05) is 24.7 Å². The molecule has 1 atom stereocenters. The monoisotopic (exact) mass is 331 g/mol. The van der Waals surface area contributed by atoms with E-state index in [0.717, 1.165) is 0 Å². The molecule has 2 rings (SSSR count). The van der Waals surface area contributed by atoms with Gasteiger partial charge in [0.25, 0.3) is 5.91 Å². The Morgan fingerprint density at radius 1 is 1.33 bits per heavy atom. The normalized spacial score (nSPS) is 20.4. The van der Waals surface area contributed by atoms with E-state index in [0.29, 0.717) is 30.0 Å². The third kappa shape index (κ3) is 4.18. The van der Waals surface area contributed by atoms with Crippen LogP contribution in [0.3, 0.4) is 0 Å². The summed E-state index contributed by atoms with van der Waals surface area (Å²) >= 11 is 5.81. The van der Waals surface area contributed by atoms with Gasteiger partial charge in [0.15, 0.2) is 9.84 Å². The highest BCUT2D eigenvalue weighted by Gasteiger charge is 2.34. The third-order valence-electron chi connectivity index (χ3n) is 3.56. The molecular weight excluding hydrogens is 314 g/mol. The number of hydrogen-bond acceptors (Lipinski definition) is 4. The van der Waals surface area contributed by atoms with Crippen molar-refractivity contribution in [3.05, 3.63) is 34.9 Å². The molecule has 1 saturated heterocycles. The quantitative estimate of drug-likeness (QED) is 0.883. The van der Waals surface area contributed by atoms with E-state index in [2.05, 4.69) is 0 Å². The highest BCUT2D eigenvalue weighted by atomic mass is 35.5. The van der Waals surface area contributed by atoms with Gasteiger partial charge in [0.2, 0.25) is 0 Å². The van der Waals surface area contributed by atoms with Gasteiger partial charge in [-0.15, -0.1) is 0 Å². The van der Waals surface area contributed by atoms with Gasteiger partial charge in [-0.3, -0.25) is 4.79 Å². The van der Waals surface area contributed by atoms with Gasteiger partial charge in [-0.25, -0.2) is 8.42 Å². The molecule has 0 saturated carbocycles. The molecule has 0 spiro atoms. The number of carbonyl (C=O) groups excluding carboxylic acids is 1. The number of halogens is 1. The van der Waals surface area contributed by atoms with Crippen molar-refractivity contribution in [1.82, 2.24) is 4.90 Å². The molecule has 1 aromatic rings. The molecule has 0 aliphatic carbocycles. The van der Waals surface area contributed by atoms with Crippen molar-refractivity contribution in [2.45, 2.75) is 18.9 Å². The molecule has 1 amide bonds. The lowest BCUT2D eigenvalue weighted by atomic mass is 10.1. The van der Waals surface area contributed by atoms with Crippen LogP contribution in [-0.4, -0.2) is 55.0 Å². The largest absolute Gasteiger partial charge is 0.396 e. The van der Waals surface area contributed by atoms with Crippen LogP contribution in [0.2, 0.25) is 5.02 Å². The van der Waals surface area contributed by atoms with Crippen LogP contribution in [0.15, 0.2) is 24.3 Å². The van der Waals surface area contributed by atoms with Crippen LogP contribution in [0.5, 0.6) is 0 Å². The van der Waals surface area contributed by atoms with Gasteiger partial charge in [-0.2, -0.15) is 0 Å². The maximum Gasteiger partial charge on any atom is 0.254 e. The zero-order valence-corrected chi connectivity index (χ0v) is 13.1. The van der Waals surface area contributed by atoms with Gasteiger partial charge in [0, 0.05) is 29.8 Å². The van der Waals surface area contributed by atoms with E-state index >= 15 is 0 Å². The molecule has 1 aliphatic rings. The van der Waals surface area contributed by atoms with Crippen LogP contribution in [0.25, 0.3) is 0 Å². The molecule has 0 unspecified atom stereocenters. The average molecular weight is 332 g/mol. The SMILES string of the molecule is O=C(c1ccc(Cl)cc1)N(CCCO)[C@H]1CCS(=O)(=O)C1. The zero-order valence-electron chi connectivity index (χ0n) is 11.5. The van der Waals surface area contributed by atoms with E-state index in [-0.39, 0.29) is 30.1 Å². The van der Waals surface area contributed by atoms with Crippen molar-refractivity contribution < 1.29 is 18.3 Å². The zero-order chi connectivity index (χ0) is 15.5. The maximum atomic E-state index is 12.6. The first-order valence-electron chi connectivity index (χ1n) is 6.81. The summed E-state index contributed by atoms with van der Waals surface area (Å²) in [6.45, 7) is 0.308. The molecule has 1 N–H and O–H groups in total. The van der Waals surface area contributed by atoms with Crippen LogP contribution in [-0.2, 0) is 9.84 Å². The predicted molar refractivity (Wildman–Crippen MR) is 81.3 cm³/mol. The van der Waals surface area contributed by atoms with Crippen LogP contribution < -0.4 is 0 Å². The second-order valence-corrected chi connectivity index (χ2v) is 7.80. The molecule has 1 heterocycles. The number of nitrogens with zero attached hydrogens (tertiary/aromatic N) is 1. The van der Waals surface area contributed by atoms with Crippen molar-refractivity contribution in [2.24, 2.45) is 0 Å². The van der Waals surface area contributed by atoms with Gasteiger partial charge >= 0.3 is 0 Å². The van der Waals surface area contributed by atoms with Crippen molar-refractivity contribution >= 4 is 27.3 Å². The highest BCUT2D eigenvalue weighted by Crippen LogP contribution is 2.21. The maximum absolute atomic E-state index is 12.6. The first kappa shape index (κ1) is 16.3. The van der Waals surface area contributed by atoms with Crippen LogP contribution in [0, 0.1) is 0 Å². The minimum atomic E-state index is -3.07. The molecule has 1 aromatic carbocycles. The lowest BCUT2D eigenvalue weighted by Gasteiger charge is -2.28. The van der Waals surface area contributed by atoms with E-state index in [4.69, 9.17) is 16.7 Å². The smallest absolute Gasteiger partial charge is 0.254 e. The van der Waals surface area contributed by atoms with Crippen molar-refractivity contribution in [1.29, 1.82) is 0 Å². The second-order valence-electron chi connectivity index (χ2n) is 5.14. The van der Waals surface area contributed by atoms with Gasteiger partial charge in [0.05, 0.1) is 11.5 Å². The molecule has 116 valence electrons. The first-order valence-corrected chi connectivity index (χ1v) is 9.01. The lowest BCUT2D eigenvalue weighted by Crippen LogP contribution is -2.42. The number of hydrogen-bond donors (Lipinski definition) is 1. The summed E-state index contributed by atoms with van der Waals surface area (Å²) < 4.78 is 23.2. The van der Waals surface area contributed by atoms with E-state index in [1.165, 1.54) is 0 Å². The molecule has 7 heteroatoms. The Morgan fingerprint density at radius 3 is 2.52 bits per heavy atom. The Morgan fingerprint density at radius 2 is 2.00 bits per heavy atom. The second kappa shape index (κ2) is 6.77. The number of sulfone groups is 1. The van der Waals surface area contributed by atoms with Crippen molar-refractivity contribution in [3.63, 3.8) is 0 Å². The Labute approximate surface area is 129 Å². The number of rotatable bonds is 5. The first-order chi connectivity index (χ1) is 9.93. The highest BCUT2D eigenvalue weighted by molar-refractivity contribution is 7.91. The summed E-state index contributed by atoms with van der Waals surface area (Å²) in [6, 6.07) is 6.19. The van der Waals surface area contributed by atoms with Gasteiger partial charge in [0.1, 0.15) is 0 Å². The minimum absolute atomic E-state index is 0.00222. The Balaban J connectivity index is 2.19.